The second-order valence-electron chi connectivity index (χ2n) is 7.71. The maximum absolute atomic E-state index is 13.0. The highest BCUT2D eigenvalue weighted by atomic mass is 16.6. The minimum absolute atomic E-state index is 0.0702. The van der Waals surface area contributed by atoms with Crippen LogP contribution in [0.15, 0.2) is 24.3 Å². The van der Waals surface area contributed by atoms with E-state index < -0.39 is 11.6 Å². The third-order valence-electron chi connectivity index (χ3n) is 7.01. The Bertz CT molecular complexity index is 711. The summed E-state index contributed by atoms with van der Waals surface area (Å²) in [4.78, 5) is 24.4. The van der Waals surface area contributed by atoms with E-state index in [9.17, 15) is 9.59 Å². The first-order chi connectivity index (χ1) is 11.4. The van der Waals surface area contributed by atoms with Crippen molar-refractivity contribution in [2.75, 3.05) is 13.7 Å². The lowest BCUT2D eigenvalue weighted by atomic mass is 9.66. The second kappa shape index (κ2) is 4.82. The highest BCUT2D eigenvalue weighted by Crippen LogP contribution is 2.75. The number of carbonyl (C=O) groups is 2. The van der Waals surface area contributed by atoms with Crippen LogP contribution >= 0.6 is 0 Å². The molecule has 3 fully saturated rings. The van der Waals surface area contributed by atoms with Crippen LogP contribution in [0.1, 0.15) is 43.5 Å². The zero-order chi connectivity index (χ0) is 17.2. The molecule has 128 valence electrons. The molecule has 2 saturated carbocycles. The van der Waals surface area contributed by atoms with Crippen molar-refractivity contribution in [3.63, 3.8) is 0 Å². The fraction of sp³-hybridized carbons (Fsp3) is 0.579. The molecular formula is C19H22O5. The van der Waals surface area contributed by atoms with E-state index in [0.29, 0.717) is 23.8 Å². The van der Waals surface area contributed by atoms with Crippen molar-refractivity contribution in [1.29, 1.82) is 0 Å². The van der Waals surface area contributed by atoms with Gasteiger partial charge >= 0.3 is 11.9 Å². The number of carbonyl (C=O) groups excluding carboxylic acids is 2. The van der Waals surface area contributed by atoms with Crippen molar-refractivity contribution < 1.29 is 23.8 Å². The minimum Gasteiger partial charge on any atom is -0.465 e. The van der Waals surface area contributed by atoms with Gasteiger partial charge in [0.1, 0.15) is 5.75 Å². The lowest BCUT2D eigenvalue weighted by molar-refractivity contribution is -0.171. The molecule has 0 spiro atoms. The van der Waals surface area contributed by atoms with Gasteiger partial charge in [-0.1, -0.05) is 13.8 Å². The number of esters is 2. The zero-order valence-corrected chi connectivity index (χ0v) is 14.3. The highest BCUT2D eigenvalue weighted by Gasteiger charge is 2.79. The van der Waals surface area contributed by atoms with Crippen LogP contribution in [0.25, 0.3) is 0 Å². The van der Waals surface area contributed by atoms with E-state index in [1.807, 2.05) is 0 Å². The summed E-state index contributed by atoms with van der Waals surface area (Å²) in [6, 6.07) is 6.41. The van der Waals surface area contributed by atoms with Gasteiger partial charge in [-0.2, -0.15) is 0 Å². The Hall–Kier alpha value is -1.88. The molecule has 1 saturated heterocycles. The zero-order valence-electron chi connectivity index (χ0n) is 14.3. The lowest BCUT2D eigenvalue weighted by Gasteiger charge is -2.38. The first-order valence-corrected chi connectivity index (χ1v) is 8.41. The van der Waals surface area contributed by atoms with E-state index >= 15 is 0 Å². The molecule has 0 aromatic heterocycles. The van der Waals surface area contributed by atoms with E-state index in [2.05, 4.69) is 18.6 Å². The summed E-state index contributed by atoms with van der Waals surface area (Å²) >= 11 is 0. The number of methoxy groups -OCH3 is 1. The third kappa shape index (κ3) is 1.68. The number of hydrogen-bond acceptors (Lipinski definition) is 5. The lowest BCUT2D eigenvalue weighted by Crippen LogP contribution is -2.52. The molecule has 4 atom stereocenters. The van der Waals surface area contributed by atoms with E-state index in [4.69, 9.17) is 9.47 Å². The summed E-state index contributed by atoms with van der Waals surface area (Å²) in [5, 5.41) is 0. The first kappa shape index (κ1) is 15.6. The SMILES string of the molecule is COC(=O)c1ccc(OC(=O)C23CC4CCC2(C)C4(C)CO3)cc1. The van der Waals surface area contributed by atoms with Crippen LogP contribution in [0.3, 0.4) is 0 Å². The average molecular weight is 330 g/mol. The van der Waals surface area contributed by atoms with Gasteiger partial charge in [-0.15, -0.1) is 0 Å². The Morgan fingerprint density at radius 3 is 2.50 bits per heavy atom. The number of rotatable bonds is 3. The van der Waals surface area contributed by atoms with Crippen molar-refractivity contribution in [1.82, 2.24) is 0 Å². The maximum Gasteiger partial charge on any atom is 0.344 e. The normalized spacial score (nSPS) is 39.0. The molecule has 3 aliphatic rings. The fourth-order valence-electron chi connectivity index (χ4n) is 5.18. The van der Waals surface area contributed by atoms with Gasteiger partial charge in [-0.05, 0) is 49.4 Å². The van der Waals surface area contributed by atoms with Crippen LogP contribution < -0.4 is 4.74 Å². The van der Waals surface area contributed by atoms with Crippen LogP contribution in [0.2, 0.25) is 0 Å². The monoisotopic (exact) mass is 330 g/mol. The predicted molar refractivity (Wildman–Crippen MR) is 85.7 cm³/mol. The summed E-state index contributed by atoms with van der Waals surface area (Å²) in [6.07, 6.45) is 2.92. The Balaban J connectivity index is 1.56. The quantitative estimate of drug-likeness (QED) is 0.630. The summed E-state index contributed by atoms with van der Waals surface area (Å²) in [6.45, 7) is 5.05. The van der Waals surface area contributed by atoms with Crippen LogP contribution in [0.5, 0.6) is 5.75 Å². The Kier molecular flexibility index (Phi) is 3.14. The van der Waals surface area contributed by atoms with E-state index in [1.54, 1.807) is 24.3 Å². The smallest absolute Gasteiger partial charge is 0.344 e. The summed E-state index contributed by atoms with van der Waals surface area (Å²) in [7, 11) is 1.33. The Morgan fingerprint density at radius 2 is 1.92 bits per heavy atom. The fourth-order valence-corrected chi connectivity index (χ4v) is 5.18. The van der Waals surface area contributed by atoms with Crippen LogP contribution in [0, 0.1) is 16.7 Å². The van der Waals surface area contributed by atoms with Crippen LogP contribution in [-0.4, -0.2) is 31.3 Å². The highest BCUT2D eigenvalue weighted by molar-refractivity contribution is 5.89. The second-order valence-corrected chi connectivity index (χ2v) is 7.71. The molecule has 0 amide bonds. The number of ether oxygens (including phenoxy) is 3. The van der Waals surface area contributed by atoms with Gasteiger partial charge in [0.2, 0.25) is 0 Å². The predicted octanol–water partition coefficient (Wildman–Crippen LogP) is 2.97. The maximum atomic E-state index is 13.0. The molecule has 24 heavy (non-hydrogen) atoms. The molecule has 1 heterocycles. The topological polar surface area (TPSA) is 61.8 Å². The molecule has 5 heteroatoms. The van der Waals surface area contributed by atoms with Gasteiger partial charge < -0.3 is 14.2 Å². The molecule has 1 aliphatic heterocycles. The molecule has 4 rings (SSSR count). The molecule has 2 aliphatic carbocycles. The number of benzene rings is 1. The molecule has 5 nitrogen and oxygen atoms in total. The van der Waals surface area contributed by atoms with Gasteiger partial charge in [0.05, 0.1) is 19.3 Å². The van der Waals surface area contributed by atoms with E-state index in [0.717, 1.165) is 12.8 Å². The summed E-state index contributed by atoms with van der Waals surface area (Å²) in [5.41, 5.74) is -0.493. The molecule has 4 unspecified atom stereocenters. The standard InChI is InChI=1S/C19H22O5/c1-17-11-23-19(10-13(17)8-9-18(17,19)2)16(21)24-14-6-4-12(5-7-14)15(20)22-3/h4-7,13H,8-11H2,1-3H3. The first-order valence-electron chi connectivity index (χ1n) is 8.41. The molecule has 4 bridgehead atoms. The minimum atomic E-state index is -0.828. The van der Waals surface area contributed by atoms with Crippen molar-refractivity contribution in [2.45, 2.75) is 38.7 Å². The van der Waals surface area contributed by atoms with Crippen LogP contribution in [0.4, 0.5) is 0 Å². The Morgan fingerprint density at radius 1 is 1.21 bits per heavy atom. The van der Waals surface area contributed by atoms with Crippen molar-refractivity contribution in [3.8, 4) is 5.75 Å². The average Bonchev–Trinajstić information content (AvgIpc) is 3.06. The molecule has 0 radical (unpaired) electrons. The van der Waals surface area contributed by atoms with Crippen molar-refractivity contribution in [2.24, 2.45) is 16.7 Å². The van der Waals surface area contributed by atoms with E-state index in [-0.39, 0.29) is 16.8 Å². The van der Waals surface area contributed by atoms with Crippen LogP contribution in [-0.2, 0) is 14.3 Å². The molecule has 0 N–H and O–H groups in total. The Labute approximate surface area is 141 Å². The van der Waals surface area contributed by atoms with Crippen molar-refractivity contribution >= 4 is 11.9 Å². The summed E-state index contributed by atoms with van der Waals surface area (Å²) < 4.78 is 16.3. The molecule has 1 aromatic rings. The van der Waals surface area contributed by atoms with E-state index in [1.165, 1.54) is 13.5 Å². The van der Waals surface area contributed by atoms with Gasteiger partial charge in [-0.25, -0.2) is 9.59 Å². The van der Waals surface area contributed by atoms with Gasteiger partial charge in [-0.3, -0.25) is 0 Å². The van der Waals surface area contributed by atoms with Gasteiger partial charge in [0.25, 0.3) is 0 Å². The third-order valence-corrected chi connectivity index (χ3v) is 7.01. The van der Waals surface area contributed by atoms with Gasteiger partial charge in [0, 0.05) is 10.8 Å². The number of hydrogen-bond donors (Lipinski definition) is 0. The van der Waals surface area contributed by atoms with Gasteiger partial charge in [0.15, 0.2) is 5.60 Å². The molecular weight excluding hydrogens is 308 g/mol. The summed E-state index contributed by atoms with van der Waals surface area (Å²) in [5.74, 6) is 0.236. The molecule has 1 aromatic carbocycles. The van der Waals surface area contributed by atoms with Crippen molar-refractivity contribution in [3.05, 3.63) is 29.8 Å². The largest absolute Gasteiger partial charge is 0.465 e.